The van der Waals surface area contributed by atoms with Crippen molar-refractivity contribution in [2.45, 2.75) is 30.7 Å². The fourth-order valence-corrected chi connectivity index (χ4v) is 1.24. The molecule has 3 N–H and O–H groups in total. The molecule has 0 aromatic heterocycles. The van der Waals surface area contributed by atoms with Crippen molar-refractivity contribution < 1.29 is 29.2 Å². The van der Waals surface area contributed by atoms with Crippen molar-refractivity contribution in [1.29, 1.82) is 0 Å². The van der Waals surface area contributed by atoms with Gasteiger partial charge in [-0.2, -0.15) is 0 Å². The van der Waals surface area contributed by atoms with E-state index in [4.69, 9.17) is 4.74 Å². The Balaban J connectivity index is 2.66. The Kier molecular flexibility index (Phi) is 3.57. The van der Waals surface area contributed by atoms with Crippen LogP contribution in [0.25, 0.3) is 0 Å². The number of alkyl halides is 1. The Morgan fingerprint density at radius 3 is 2.31 bits per heavy atom. The fourth-order valence-electron chi connectivity index (χ4n) is 1.24. The highest BCUT2D eigenvalue weighted by Gasteiger charge is 2.43. The van der Waals surface area contributed by atoms with Gasteiger partial charge < -0.3 is 24.8 Å². The third-order valence-electron chi connectivity index (χ3n) is 2.05. The van der Waals surface area contributed by atoms with Gasteiger partial charge in [-0.25, -0.2) is 4.39 Å². The SMILES string of the molecule is CO[C@H]1O[C@H](CF)[C@@H](O)[C@H](O)[C@H]1O. The van der Waals surface area contributed by atoms with E-state index in [9.17, 15) is 19.7 Å². The Hall–Kier alpha value is -0.270. The molecule has 0 saturated carbocycles. The van der Waals surface area contributed by atoms with Gasteiger partial charge in [-0.1, -0.05) is 0 Å². The van der Waals surface area contributed by atoms with E-state index < -0.39 is 37.4 Å². The second-order valence-electron chi connectivity index (χ2n) is 2.90. The molecule has 1 aliphatic heterocycles. The molecule has 78 valence electrons. The first kappa shape index (κ1) is 10.8. The van der Waals surface area contributed by atoms with E-state index in [1.165, 1.54) is 7.11 Å². The number of ether oxygens (including phenoxy) is 2. The maximum Gasteiger partial charge on any atom is 0.186 e. The van der Waals surface area contributed by atoms with E-state index >= 15 is 0 Å². The molecule has 5 atom stereocenters. The molecule has 0 aromatic rings. The van der Waals surface area contributed by atoms with Crippen LogP contribution in [0.4, 0.5) is 4.39 Å². The second-order valence-corrected chi connectivity index (χ2v) is 2.90. The standard InChI is InChI=1S/C7H13FO5/c1-12-7-6(11)5(10)4(9)3(2-8)13-7/h3-7,9-11H,2H2,1H3/t3-,4-,5+,6-,7+/m1/s1. The number of hydrogen-bond acceptors (Lipinski definition) is 5. The molecule has 0 amide bonds. The molecule has 0 aromatic carbocycles. The third kappa shape index (κ3) is 1.97. The van der Waals surface area contributed by atoms with Crippen molar-refractivity contribution in [3.8, 4) is 0 Å². The molecule has 0 bridgehead atoms. The van der Waals surface area contributed by atoms with Gasteiger partial charge in [0, 0.05) is 7.11 Å². The molecule has 0 unspecified atom stereocenters. The predicted molar refractivity (Wildman–Crippen MR) is 39.7 cm³/mol. The number of aliphatic hydroxyl groups is 3. The van der Waals surface area contributed by atoms with Crippen molar-refractivity contribution in [2.75, 3.05) is 13.8 Å². The highest BCUT2D eigenvalue weighted by molar-refractivity contribution is 4.88. The predicted octanol–water partition coefficient (Wildman–Crippen LogP) is -1.59. The van der Waals surface area contributed by atoms with E-state index in [0.717, 1.165) is 0 Å². The van der Waals surface area contributed by atoms with Gasteiger partial charge in [0.05, 0.1) is 0 Å². The molecule has 0 radical (unpaired) electrons. The Morgan fingerprint density at radius 1 is 1.23 bits per heavy atom. The molecule has 13 heavy (non-hydrogen) atoms. The summed E-state index contributed by atoms with van der Waals surface area (Å²) in [5.74, 6) is 0. The van der Waals surface area contributed by atoms with Crippen LogP contribution in [-0.4, -0.2) is 59.8 Å². The van der Waals surface area contributed by atoms with E-state index in [0.29, 0.717) is 0 Å². The number of methoxy groups -OCH3 is 1. The van der Waals surface area contributed by atoms with Crippen LogP contribution in [0.3, 0.4) is 0 Å². The molecule has 1 aliphatic rings. The topological polar surface area (TPSA) is 79.2 Å². The first-order valence-corrected chi connectivity index (χ1v) is 3.90. The summed E-state index contributed by atoms with van der Waals surface area (Å²) in [6.07, 6.45) is -6.48. The summed E-state index contributed by atoms with van der Waals surface area (Å²) in [5.41, 5.74) is 0. The molecule has 0 aliphatic carbocycles. The lowest BCUT2D eigenvalue weighted by Crippen LogP contribution is -2.58. The van der Waals surface area contributed by atoms with Gasteiger partial charge in [-0.15, -0.1) is 0 Å². The molecule has 0 spiro atoms. The molecular weight excluding hydrogens is 183 g/mol. The van der Waals surface area contributed by atoms with E-state index in [2.05, 4.69) is 4.74 Å². The van der Waals surface area contributed by atoms with E-state index in [1.54, 1.807) is 0 Å². The lowest BCUT2D eigenvalue weighted by atomic mass is 10.00. The Bertz CT molecular complexity index is 147. The third-order valence-corrected chi connectivity index (χ3v) is 2.05. The van der Waals surface area contributed by atoms with Gasteiger partial charge in [-0.05, 0) is 0 Å². The van der Waals surface area contributed by atoms with Gasteiger partial charge in [0.15, 0.2) is 6.29 Å². The van der Waals surface area contributed by atoms with Gasteiger partial charge in [-0.3, -0.25) is 0 Å². The van der Waals surface area contributed by atoms with Crippen LogP contribution in [0.5, 0.6) is 0 Å². The van der Waals surface area contributed by atoms with Crippen LogP contribution in [0.15, 0.2) is 0 Å². The zero-order valence-corrected chi connectivity index (χ0v) is 7.13. The van der Waals surface area contributed by atoms with Crippen molar-refractivity contribution in [2.24, 2.45) is 0 Å². The number of rotatable bonds is 2. The molecule has 6 heteroatoms. The minimum absolute atomic E-state index is 0.940. The summed E-state index contributed by atoms with van der Waals surface area (Å²) in [4.78, 5) is 0. The zero-order chi connectivity index (χ0) is 10.0. The highest BCUT2D eigenvalue weighted by Crippen LogP contribution is 2.21. The average molecular weight is 196 g/mol. The van der Waals surface area contributed by atoms with Gasteiger partial charge in [0.25, 0.3) is 0 Å². The number of hydrogen-bond donors (Lipinski definition) is 3. The van der Waals surface area contributed by atoms with Crippen LogP contribution in [0.1, 0.15) is 0 Å². The van der Waals surface area contributed by atoms with Gasteiger partial charge in [0.1, 0.15) is 31.1 Å². The highest BCUT2D eigenvalue weighted by atomic mass is 19.1. The molecule has 5 nitrogen and oxygen atoms in total. The monoisotopic (exact) mass is 196 g/mol. The summed E-state index contributed by atoms with van der Waals surface area (Å²) in [7, 11) is 1.26. The molecule has 1 fully saturated rings. The first-order valence-electron chi connectivity index (χ1n) is 3.90. The largest absolute Gasteiger partial charge is 0.387 e. The van der Waals surface area contributed by atoms with Crippen molar-refractivity contribution in [3.63, 3.8) is 0 Å². The van der Waals surface area contributed by atoms with Crippen LogP contribution in [-0.2, 0) is 9.47 Å². The summed E-state index contributed by atoms with van der Waals surface area (Å²) >= 11 is 0. The maximum absolute atomic E-state index is 12.2. The molecule has 1 saturated heterocycles. The van der Waals surface area contributed by atoms with Crippen LogP contribution in [0.2, 0.25) is 0 Å². The fraction of sp³-hybridized carbons (Fsp3) is 1.00. The minimum atomic E-state index is -1.44. The lowest BCUT2D eigenvalue weighted by molar-refractivity contribution is -0.291. The van der Waals surface area contributed by atoms with Crippen molar-refractivity contribution >= 4 is 0 Å². The van der Waals surface area contributed by atoms with Crippen LogP contribution >= 0.6 is 0 Å². The second kappa shape index (κ2) is 4.30. The smallest absolute Gasteiger partial charge is 0.186 e. The van der Waals surface area contributed by atoms with E-state index in [1.807, 2.05) is 0 Å². The summed E-state index contributed by atoms with van der Waals surface area (Å²) in [5, 5.41) is 27.7. The Labute approximate surface area is 74.7 Å². The van der Waals surface area contributed by atoms with Crippen LogP contribution < -0.4 is 0 Å². The minimum Gasteiger partial charge on any atom is -0.387 e. The summed E-state index contributed by atoms with van der Waals surface area (Å²) in [6.45, 7) is -0.940. The van der Waals surface area contributed by atoms with E-state index in [-0.39, 0.29) is 0 Å². The quantitative estimate of drug-likeness (QED) is 0.496. The molecule has 1 rings (SSSR count). The molecular formula is C7H13FO5. The van der Waals surface area contributed by atoms with Crippen LogP contribution in [0, 0.1) is 0 Å². The Morgan fingerprint density at radius 2 is 1.85 bits per heavy atom. The average Bonchev–Trinajstić information content (AvgIpc) is 2.15. The van der Waals surface area contributed by atoms with Gasteiger partial charge >= 0.3 is 0 Å². The normalized spacial score (nSPS) is 46.4. The summed E-state index contributed by atoms with van der Waals surface area (Å²) in [6, 6.07) is 0. The summed E-state index contributed by atoms with van der Waals surface area (Å²) < 4.78 is 21.7. The first-order chi connectivity index (χ1) is 6.11. The lowest BCUT2D eigenvalue weighted by Gasteiger charge is -2.38. The maximum atomic E-state index is 12.2. The number of halogens is 1. The number of aliphatic hydroxyl groups excluding tert-OH is 3. The molecule has 1 heterocycles. The zero-order valence-electron chi connectivity index (χ0n) is 7.13. The van der Waals surface area contributed by atoms with Crippen molar-refractivity contribution in [1.82, 2.24) is 0 Å². The van der Waals surface area contributed by atoms with Gasteiger partial charge in [0.2, 0.25) is 0 Å². The van der Waals surface area contributed by atoms with Crippen molar-refractivity contribution in [3.05, 3.63) is 0 Å².